The molecule has 2 heterocycles. The van der Waals surface area contributed by atoms with Crippen molar-refractivity contribution in [3.05, 3.63) is 36.2 Å². The Balaban J connectivity index is 1.97. The number of amides is 1. The third-order valence-corrected chi connectivity index (χ3v) is 6.61. The predicted octanol–water partition coefficient (Wildman–Crippen LogP) is 3.57. The van der Waals surface area contributed by atoms with Gasteiger partial charge in [-0.3, -0.25) is 4.98 Å². The number of sulfonamides is 1. The lowest BCUT2D eigenvalue weighted by atomic mass is 10.1. The number of aromatic nitrogens is 1. The fraction of sp³-hybridized carbons (Fsp3) is 0.500. The van der Waals surface area contributed by atoms with E-state index in [1.807, 2.05) is 13.0 Å². The first-order valence-corrected chi connectivity index (χ1v) is 10.9. The highest BCUT2D eigenvalue weighted by atomic mass is 32.2. The predicted molar refractivity (Wildman–Crippen MR) is 107 cm³/mol. The lowest BCUT2D eigenvalue weighted by Crippen LogP contribution is -2.53. The van der Waals surface area contributed by atoms with E-state index in [1.54, 1.807) is 45.3 Å². The first-order chi connectivity index (χ1) is 13.1. The minimum absolute atomic E-state index is 0.239. The van der Waals surface area contributed by atoms with Crippen molar-refractivity contribution in [2.24, 2.45) is 0 Å². The molecule has 1 unspecified atom stereocenters. The van der Waals surface area contributed by atoms with E-state index < -0.39 is 27.9 Å². The number of nitrogens with one attached hydrogen (secondary N) is 1. The van der Waals surface area contributed by atoms with Gasteiger partial charge in [0.1, 0.15) is 5.60 Å². The van der Waals surface area contributed by atoms with E-state index in [0.29, 0.717) is 18.4 Å². The van der Waals surface area contributed by atoms with Crippen LogP contribution in [0.5, 0.6) is 0 Å². The van der Waals surface area contributed by atoms with Crippen LogP contribution in [0, 0.1) is 6.92 Å². The molecule has 8 heteroatoms. The zero-order valence-electron chi connectivity index (χ0n) is 16.7. The van der Waals surface area contributed by atoms with Crippen LogP contribution < -0.4 is 5.32 Å². The summed E-state index contributed by atoms with van der Waals surface area (Å²) in [5.41, 5.74) is 0.146. The Morgan fingerprint density at radius 2 is 2.00 bits per heavy atom. The van der Waals surface area contributed by atoms with E-state index in [4.69, 9.17) is 4.74 Å². The summed E-state index contributed by atoms with van der Waals surface area (Å²) in [5.74, 6) is 0. The number of carbonyl (C=O) groups is 1. The van der Waals surface area contributed by atoms with E-state index in [-0.39, 0.29) is 4.90 Å². The Kier molecular flexibility index (Phi) is 5.63. The van der Waals surface area contributed by atoms with E-state index in [2.05, 4.69) is 10.3 Å². The topological polar surface area (TPSA) is 88.6 Å². The number of piperidine rings is 1. The van der Waals surface area contributed by atoms with Crippen LogP contribution >= 0.6 is 0 Å². The van der Waals surface area contributed by atoms with Crippen molar-refractivity contribution in [1.29, 1.82) is 0 Å². The number of rotatable bonds is 3. The second kappa shape index (κ2) is 7.67. The Bertz CT molecular complexity index is 977. The number of fused-ring (bicyclic) bond motifs is 1. The van der Waals surface area contributed by atoms with Gasteiger partial charge >= 0.3 is 6.09 Å². The third kappa shape index (κ3) is 4.28. The highest BCUT2D eigenvalue weighted by Crippen LogP contribution is 2.31. The van der Waals surface area contributed by atoms with Gasteiger partial charge in [-0.15, -0.1) is 0 Å². The lowest BCUT2D eigenvalue weighted by Gasteiger charge is -2.35. The van der Waals surface area contributed by atoms with E-state index in [9.17, 15) is 13.2 Å². The van der Waals surface area contributed by atoms with Crippen molar-refractivity contribution in [3.63, 3.8) is 0 Å². The summed E-state index contributed by atoms with van der Waals surface area (Å²) in [7, 11) is -3.81. The largest absolute Gasteiger partial charge is 0.444 e. The van der Waals surface area contributed by atoms with Crippen LogP contribution in [0.25, 0.3) is 10.8 Å². The van der Waals surface area contributed by atoms with Crippen LogP contribution in [0.4, 0.5) is 4.79 Å². The van der Waals surface area contributed by atoms with Gasteiger partial charge in [0.05, 0.1) is 11.1 Å². The van der Waals surface area contributed by atoms with Crippen LogP contribution in [0.2, 0.25) is 0 Å². The second-order valence-corrected chi connectivity index (χ2v) is 9.94. The summed E-state index contributed by atoms with van der Waals surface area (Å²) in [6, 6.07) is 5.18. The molecule has 152 valence electrons. The molecular formula is C20H27N3O4S. The molecule has 28 heavy (non-hydrogen) atoms. The van der Waals surface area contributed by atoms with Gasteiger partial charge in [-0.2, -0.15) is 4.31 Å². The third-order valence-electron chi connectivity index (χ3n) is 4.66. The van der Waals surface area contributed by atoms with E-state index in [0.717, 1.165) is 23.8 Å². The lowest BCUT2D eigenvalue weighted by molar-refractivity contribution is 0.0445. The summed E-state index contributed by atoms with van der Waals surface area (Å²) in [5, 5.41) is 4.18. The van der Waals surface area contributed by atoms with Crippen molar-refractivity contribution in [3.8, 4) is 0 Å². The molecule has 1 N–H and O–H groups in total. The molecule has 0 aliphatic carbocycles. The monoisotopic (exact) mass is 405 g/mol. The summed E-state index contributed by atoms with van der Waals surface area (Å²) in [4.78, 5) is 16.6. The summed E-state index contributed by atoms with van der Waals surface area (Å²) in [6.07, 6.45) is 4.21. The maximum Gasteiger partial charge on any atom is 0.408 e. The van der Waals surface area contributed by atoms with Crippen molar-refractivity contribution in [2.75, 3.05) is 6.54 Å². The molecule has 1 amide bonds. The number of nitrogens with zero attached hydrogens (tertiary/aromatic N) is 2. The zero-order valence-corrected chi connectivity index (χ0v) is 17.5. The minimum atomic E-state index is -3.81. The quantitative estimate of drug-likeness (QED) is 0.843. The van der Waals surface area contributed by atoms with Crippen molar-refractivity contribution >= 4 is 26.9 Å². The van der Waals surface area contributed by atoms with Crippen molar-refractivity contribution in [2.45, 2.75) is 63.6 Å². The Hall–Kier alpha value is -2.19. The average Bonchev–Trinajstić information content (AvgIpc) is 2.60. The summed E-state index contributed by atoms with van der Waals surface area (Å²) < 4.78 is 33.8. The molecule has 0 saturated carbocycles. The average molecular weight is 406 g/mol. The molecule has 0 radical (unpaired) electrons. The second-order valence-electron chi connectivity index (χ2n) is 8.08. The summed E-state index contributed by atoms with van der Waals surface area (Å²) >= 11 is 0. The smallest absolute Gasteiger partial charge is 0.408 e. The van der Waals surface area contributed by atoms with Crippen LogP contribution in [-0.4, -0.2) is 42.1 Å². The molecule has 2 aromatic rings. The molecule has 1 saturated heterocycles. The highest BCUT2D eigenvalue weighted by Gasteiger charge is 2.36. The van der Waals surface area contributed by atoms with Crippen LogP contribution in [0.3, 0.4) is 0 Å². The molecule has 1 aliphatic heterocycles. The fourth-order valence-electron chi connectivity index (χ4n) is 3.49. The molecule has 1 aromatic heterocycles. The number of alkyl carbamates (subject to hydrolysis) is 1. The van der Waals surface area contributed by atoms with Gasteiger partial charge in [0.15, 0.2) is 0 Å². The molecule has 0 spiro atoms. The number of hydrogen-bond donors (Lipinski definition) is 1. The molecular weight excluding hydrogens is 378 g/mol. The minimum Gasteiger partial charge on any atom is -0.444 e. The Labute approximate surface area is 166 Å². The van der Waals surface area contributed by atoms with Crippen LogP contribution in [-0.2, 0) is 14.8 Å². The molecule has 3 rings (SSSR count). The summed E-state index contributed by atoms with van der Waals surface area (Å²) in [6.45, 7) is 7.52. The highest BCUT2D eigenvalue weighted by molar-refractivity contribution is 7.89. The number of hydrogen-bond acceptors (Lipinski definition) is 5. The molecule has 1 fully saturated rings. The first-order valence-electron chi connectivity index (χ1n) is 9.44. The van der Waals surface area contributed by atoms with Gasteiger partial charge in [-0.1, -0.05) is 12.1 Å². The van der Waals surface area contributed by atoms with Gasteiger partial charge in [-0.05, 0) is 58.6 Å². The molecule has 1 aliphatic rings. The number of carbonyl (C=O) groups excluding carboxylic acids is 1. The molecule has 0 bridgehead atoms. The number of aryl methyl sites for hydroxylation is 1. The number of pyridine rings is 1. The first kappa shape index (κ1) is 20.5. The van der Waals surface area contributed by atoms with Crippen LogP contribution in [0.1, 0.15) is 45.6 Å². The molecule has 1 atom stereocenters. The molecule has 7 nitrogen and oxygen atoms in total. The fourth-order valence-corrected chi connectivity index (χ4v) is 5.40. The van der Waals surface area contributed by atoms with Gasteiger partial charge in [-0.25, -0.2) is 13.2 Å². The zero-order chi connectivity index (χ0) is 20.5. The number of benzene rings is 1. The van der Waals surface area contributed by atoms with Gasteiger partial charge in [0.25, 0.3) is 0 Å². The van der Waals surface area contributed by atoms with Gasteiger partial charge in [0, 0.05) is 29.7 Å². The van der Waals surface area contributed by atoms with Gasteiger partial charge in [0.2, 0.25) is 10.0 Å². The maximum absolute atomic E-state index is 13.5. The Morgan fingerprint density at radius 3 is 2.71 bits per heavy atom. The van der Waals surface area contributed by atoms with Crippen molar-refractivity contribution < 1.29 is 17.9 Å². The Morgan fingerprint density at radius 1 is 1.25 bits per heavy atom. The van der Waals surface area contributed by atoms with E-state index in [1.165, 1.54) is 4.31 Å². The van der Waals surface area contributed by atoms with E-state index >= 15 is 0 Å². The maximum atomic E-state index is 13.5. The van der Waals surface area contributed by atoms with Gasteiger partial charge < -0.3 is 10.1 Å². The van der Waals surface area contributed by atoms with Crippen molar-refractivity contribution in [1.82, 2.24) is 14.6 Å². The normalized spacial score (nSPS) is 18.8. The molecule has 1 aromatic carbocycles. The standard InChI is InChI=1S/C20H27N3O4S/c1-14-12-21-13-15-8-7-9-16(18(14)15)28(25,26)23-11-6-5-10-17(23)22-19(24)27-20(2,3)4/h7-9,12-13,17H,5-6,10-11H2,1-4H3,(H,22,24). The SMILES string of the molecule is Cc1cncc2cccc(S(=O)(=O)N3CCCCC3NC(=O)OC(C)(C)C)c12. The number of ether oxygens (including phenoxy) is 1. The van der Waals surface area contributed by atoms with Crippen LogP contribution in [0.15, 0.2) is 35.5 Å².